The SMILES string of the molecule is CC(c1ccccc1Cl)N(C)c1cccc(F)c1[C@@H](C)N. The molecular formula is C17H20ClFN2. The van der Waals surface area contributed by atoms with Gasteiger partial charge in [0.25, 0.3) is 0 Å². The zero-order valence-electron chi connectivity index (χ0n) is 12.5. The normalized spacial score (nSPS) is 13.8. The van der Waals surface area contributed by atoms with E-state index < -0.39 is 0 Å². The van der Waals surface area contributed by atoms with Crippen molar-refractivity contribution >= 4 is 17.3 Å². The molecule has 0 amide bonds. The first-order valence-electron chi connectivity index (χ1n) is 6.94. The summed E-state index contributed by atoms with van der Waals surface area (Å²) in [7, 11) is 1.93. The largest absolute Gasteiger partial charge is 0.367 e. The van der Waals surface area contributed by atoms with E-state index in [0.29, 0.717) is 10.6 Å². The zero-order valence-corrected chi connectivity index (χ0v) is 13.2. The van der Waals surface area contributed by atoms with Gasteiger partial charge in [-0.2, -0.15) is 0 Å². The molecule has 2 rings (SSSR count). The highest BCUT2D eigenvalue weighted by Gasteiger charge is 2.20. The van der Waals surface area contributed by atoms with Crippen molar-refractivity contribution in [3.8, 4) is 0 Å². The van der Waals surface area contributed by atoms with Crippen LogP contribution in [-0.2, 0) is 0 Å². The number of nitrogens with two attached hydrogens (primary N) is 1. The van der Waals surface area contributed by atoms with Gasteiger partial charge in [-0.05, 0) is 37.6 Å². The number of rotatable bonds is 4. The average molecular weight is 307 g/mol. The standard InChI is InChI=1S/C17H20ClFN2/c1-11(20)17-15(19)9-6-10-16(17)21(3)12(2)13-7-4-5-8-14(13)18/h4-12H,20H2,1-3H3/t11-,12?/m1/s1. The third kappa shape index (κ3) is 3.20. The molecule has 0 aliphatic heterocycles. The van der Waals surface area contributed by atoms with Gasteiger partial charge in [-0.3, -0.25) is 0 Å². The van der Waals surface area contributed by atoms with Crippen LogP contribution in [0.4, 0.5) is 10.1 Å². The molecule has 0 bridgehead atoms. The summed E-state index contributed by atoms with van der Waals surface area (Å²) in [6.45, 7) is 3.83. The molecule has 0 radical (unpaired) electrons. The first-order valence-corrected chi connectivity index (χ1v) is 7.32. The lowest BCUT2D eigenvalue weighted by Crippen LogP contribution is -2.25. The van der Waals surface area contributed by atoms with E-state index in [2.05, 4.69) is 0 Å². The van der Waals surface area contributed by atoms with Gasteiger partial charge in [0.05, 0.1) is 6.04 Å². The van der Waals surface area contributed by atoms with Gasteiger partial charge in [0.2, 0.25) is 0 Å². The number of nitrogens with zero attached hydrogens (tertiary/aromatic N) is 1. The van der Waals surface area contributed by atoms with Gasteiger partial charge in [-0.15, -0.1) is 0 Å². The highest BCUT2D eigenvalue weighted by molar-refractivity contribution is 6.31. The summed E-state index contributed by atoms with van der Waals surface area (Å²) < 4.78 is 14.1. The van der Waals surface area contributed by atoms with Gasteiger partial charge < -0.3 is 10.6 Å². The van der Waals surface area contributed by atoms with Crippen molar-refractivity contribution in [2.24, 2.45) is 5.73 Å². The van der Waals surface area contributed by atoms with Gasteiger partial charge >= 0.3 is 0 Å². The maximum Gasteiger partial charge on any atom is 0.130 e. The molecule has 0 aliphatic rings. The number of halogens is 2. The molecule has 0 heterocycles. The number of hydrogen-bond donors (Lipinski definition) is 1. The minimum atomic E-state index is -0.373. The van der Waals surface area contributed by atoms with E-state index in [9.17, 15) is 4.39 Å². The number of hydrogen-bond acceptors (Lipinski definition) is 2. The quantitative estimate of drug-likeness (QED) is 0.887. The van der Waals surface area contributed by atoms with E-state index in [0.717, 1.165) is 11.3 Å². The fraction of sp³-hybridized carbons (Fsp3) is 0.294. The maximum atomic E-state index is 14.1. The Bertz CT molecular complexity index is 628. The first-order chi connectivity index (χ1) is 9.93. The predicted molar refractivity (Wildman–Crippen MR) is 87.3 cm³/mol. The molecule has 2 aromatic rings. The van der Waals surface area contributed by atoms with Gasteiger partial charge in [0.15, 0.2) is 0 Å². The highest BCUT2D eigenvalue weighted by atomic mass is 35.5. The smallest absolute Gasteiger partial charge is 0.130 e. The lowest BCUT2D eigenvalue weighted by Gasteiger charge is -2.31. The van der Waals surface area contributed by atoms with Crippen LogP contribution in [0.25, 0.3) is 0 Å². The van der Waals surface area contributed by atoms with Gasteiger partial charge in [0.1, 0.15) is 5.82 Å². The fourth-order valence-corrected chi connectivity index (χ4v) is 2.81. The lowest BCUT2D eigenvalue weighted by molar-refractivity contribution is 0.590. The van der Waals surface area contributed by atoms with Crippen LogP contribution in [0.1, 0.15) is 37.1 Å². The van der Waals surface area contributed by atoms with E-state index in [1.165, 1.54) is 6.07 Å². The van der Waals surface area contributed by atoms with Crippen molar-refractivity contribution in [3.05, 3.63) is 64.4 Å². The summed E-state index contributed by atoms with van der Waals surface area (Å²) >= 11 is 6.26. The summed E-state index contributed by atoms with van der Waals surface area (Å²) in [6, 6.07) is 12.4. The van der Waals surface area contributed by atoms with Crippen LogP contribution in [0.2, 0.25) is 5.02 Å². The Hall–Kier alpha value is -1.58. The minimum absolute atomic E-state index is 0.0120. The Labute approximate surface area is 130 Å². The van der Waals surface area contributed by atoms with Crippen molar-refractivity contribution in [1.29, 1.82) is 0 Å². The molecule has 0 spiro atoms. The Morgan fingerprint density at radius 2 is 1.76 bits per heavy atom. The molecule has 0 saturated heterocycles. The second-order valence-electron chi connectivity index (χ2n) is 5.27. The molecule has 112 valence electrons. The molecule has 0 fully saturated rings. The molecule has 2 atom stereocenters. The molecule has 2 N–H and O–H groups in total. The fourth-order valence-electron chi connectivity index (χ4n) is 2.52. The third-order valence-electron chi connectivity index (χ3n) is 3.80. The molecule has 1 unspecified atom stereocenters. The van der Waals surface area contributed by atoms with Crippen LogP contribution in [0.3, 0.4) is 0 Å². The van der Waals surface area contributed by atoms with Crippen LogP contribution in [0.15, 0.2) is 42.5 Å². The van der Waals surface area contributed by atoms with E-state index in [1.54, 1.807) is 13.0 Å². The van der Waals surface area contributed by atoms with E-state index in [1.807, 2.05) is 49.2 Å². The Kier molecular flexibility index (Phi) is 4.86. The zero-order chi connectivity index (χ0) is 15.6. The van der Waals surface area contributed by atoms with Crippen molar-refractivity contribution < 1.29 is 4.39 Å². The van der Waals surface area contributed by atoms with Gasteiger partial charge in [0, 0.05) is 29.4 Å². The van der Waals surface area contributed by atoms with Crippen molar-refractivity contribution in [1.82, 2.24) is 0 Å². The van der Waals surface area contributed by atoms with Crippen LogP contribution in [0, 0.1) is 5.82 Å². The summed E-state index contributed by atoms with van der Waals surface area (Å²) in [6.07, 6.45) is 0. The van der Waals surface area contributed by atoms with Gasteiger partial charge in [-0.25, -0.2) is 4.39 Å². The second-order valence-corrected chi connectivity index (χ2v) is 5.68. The summed E-state index contributed by atoms with van der Waals surface area (Å²) in [5.74, 6) is -0.277. The average Bonchev–Trinajstić information content (AvgIpc) is 2.45. The van der Waals surface area contributed by atoms with E-state index in [4.69, 9.17) is 17.3 Å². The Morgan fingerprint density at radius 3 is 2.38 bits per heavy atom. The molecular weight excluding hydrogens is 287 g/mol. The Balaban J connectivity index is 2.43. The summed E-state index contributed by atoms with van der Waals surface area (Å²) in [5.41, 5.74) is 8.25. The molecule has 21 heavy (non-hydrogen) atoms. The monoisotopic (exact) mass is 306 g/mol. The highest BCUT2D eigenvalue weighted by Crippen LogP contribution is 2.34. The summed E-state index contributed by atoms with van der Waals surface area (Å²) in [5, 5.41) is 0.704. The van der Waals surface area contributed by atoms with Crippen LogP contribution < -0.4 is 10.6 Å². The van der Waals surface area contributed by atoms with E-state index in [-0.39, 0.29) is 17.9 Å². The van der Waals surface area contributed by atoms with Crippen LogP contribution in [-0.4, -0.2) is 7.05 Å². The predicted octanol–water partition coefficient (Wildman–Crippen LogP) is 4.70. The van der Waals surface area contributed by atoms with Crippen molar-refractivity contribution in [2.75, 3.05) is 11.9 Å². The molecule has 4 heteroatoms. The van der Waals surface area contributed by atoms with Crippen molar-refractivity contribution in [2.45, 2.75) is 25.9 Å². The molecule has 2 aromatic carbocycles. The van der Waals surface area contributed by atoms with Crippen LogP contribution in [0.5, 0.6) is 0 Å². The second kappa shape index (κ2) is 6.46. The third-order valence-corrected chi connectivity index (χ3v) is 4.15. The van der Waals surface area contributed by atoms with Gasteiger partial charge in [-0.1, -0.05) is 35.9 Å². The van der Waals surface area contributed by atoms with Crippen molar-refractivity contribution in [3.63, 3.8) is 0 Å². The van der Waals surface area contributed by atoms with E-state index >= 15 is 0 Å². The maximum absolute atomic E-state index is 14.1. The van der Waals surface area contributed by atoms with Crippen LogP contribution >= 0.6 is 11.6 Å². The lowest BCUT2D eigenvalue weighted by atomic mass is 10.0. The molecule has 2 nitrogen and oxygen atoms in total. The Morgan fingerprint density at radius 1 is 1.10 bits per heavy atom. The summed E-state index contributed by atoms with van der Waals surface area (Å²) in [4.78, 5) is 2.00. The molecule has 0 saturated carbocycles. The minimum Gasteiger partial charge on any atom is -0.367 e. The number of anilines is 1. The number of benzene rings is 2. The topological polar surface area (TPSA) is 29.3 Å². The first kappa shape index (κ1) is 15.8. The molecule has 0 aliphatic carbocycles. The molecule has 0 aromatic heterocycles.